The van der Waals surface area contributed by atoms with Gasteiger partial charge in [-0.1, -0.05) is 12.5 Å². The molecule has 0 spiro atoms. The number of aliphatic carboxylic acids is 1. The lowest BCUT2D eigenvalue weighted by Crippen LogP contribution is -2.36. The van der Waals surface area contributed by atoms with Crippen molar-refractivity contribution < 1.29 is 19.3 Å². The Morgan fingerprint density at radius 2 is 1.74 bits per heavy atom. The van der Waals surface area contributed by atoms with Crippen LogP contribution in [0.2, 0.25) is 0 Å². The Hall–Kier alpha value is -1.91. The summed E-state index contributed by atoms with van der Waals surface area (Å²) in [5.74, 6) is -0.724. The standard InChI is InChI=1S/C14H20N2O3/c17-13(8-12-16-10-5-2-6-11-16)15-9-4-1-3-7-14(18)19/h2,5-6,10-11H,1,3-4,7-9,12H2,(H-,15,17,18,19)/p+1. The average molecular weight is 265 g/mol. The van der Waals surface area contributed by atoms with Gasteiger partial charge in [0.2, 0.25) is 5.91 Å². The minimum atomic E-state index is -0.760. The molecule has 1 amide bonds. The number of unbranched alkanes of at least 4 members (excludes halogenated alkanes) is 2. The molecule has 1 rings (SSSR count). The number of aromatic nitrogens is 1. The first-order chi connectivity index (χ1) is 9.18. The van der Waals surface area contributed by atoms with Crippen LogP contribution in [0.15, 0.2) is 30.6 Å². The van der Waals surface area contributed by atoms with E-state index < -0.39 is 5.97 Å². The number of carboxylic acid groups (broad SMARTS) is 1. The zero-order valence-corrected chi connectivity index (χ0v) is 11.0. The molecule has 1 aromatic heterocycles. The van der Waals surface area contributed by atoms with Crippen LogP contribution in [0.1, 0.15) is 32.1 Å². The molecule has 0 saturated carbocycles. The van der Waals surface area contributed by atoms with Crippen molar-refractivity contribution in [2.24, 2.45) is 0 Å². The van der Waals surface area contributed by atoms with Crippen molar-refractivity contribution in [2.45, 2.75) is 38.6 Å². The van der Waals surface area contributed by atoms with Crippen molar-refractivity contribution in [3.63, 3.8) is 0 Å². The van der Waals surface area contributed by atoms with Gasteiger partial charge in [0.15, 0.2) is 18.9 Å². The largest absolute Gasteiger partial charge is 0.481 e. The quantitative estimate of drug-likeness (QED) is 0.519. The van der Waals surface area contributed by atoms with Gasteiger partial charge in [0.1, 0.15) is 0 Å². The molecule has 0 atom stereocenters. The van der Waals surface area contributed by atoms with Gasteiger partial charge in [-0.2, -0.15) is 0 Å². The zero-order chi connectivity index (χ0) is 13.9. The summed E-state index contributed by atoms with van der Waals surface area (Å²) in [5, 5.41) is 11.3. The molecule has 2 N–H and O–H groups in total. The van der Waals surface area contributed by atoms with Crippen LogP contribution in [-0.4, -0.2) is 23.5 Å². The first kappa shape index (κ1) is 15.1. The number of nitrogens with zero attached hydrogens (tertiary/aromatic N) is 1. The topological polar surface area (TPSA) is 70.3 Å². The Morgan fingerprint density at radius 3 is 2.42 bits per heavy atom. The third-order valence-electron chi connectivity index (χ3n) is 2.76. The van der Waals surface area contributed by atoms with Crippen LogP contribution in [-0.2, 0) is 16.1 Å². The van der Waals surface area contributed by atoms with Crippen LogP contribution < -0.4 is 9.88 Å². The highest BCUT2D eigenvalue weighted by Crippen LogP contribution is 1.98. The summed E-state index contributed by atoms with van der Waals surface area (Å²) >= 11 is 0. The number of aryl methyl sites for hydroxylation is 1. The third kappa shape index (κ3) is 7.91. The third-order valence-corrected chi connectivity index (χ3v) is 2.76. The fourth-order valence-electron chi connectivity index (χ4n) is 1.71. The van der Waals surface area contributed by atoms with E-state index in [4.69, 9.17) is 5.11 Å². The van der Waals surface area contributed by atoms with Crippen molar-refractivity contribution in [3.05, 3.63) is 30.6 Å². The van der Waals surface area contributed by atoms with Gasteiger partial charge in [-0.25, -0.2) is 4.57 Å². The smallest absolute Gasteiger partial charge is 0.303 e. The van der Waals surface area contributed by atoms with E-state index in [2.05, 4.69) is 5.32 Å². The molecule has 5 nitrogen and oxygen atoms in total. The molecular weight excluding hydrogens is 244 g/mol. The van der Waals surface area contributed by atoms with Crippen LogP contribution >= 0.6 is 0 Å². The van der Waals surface area contributed by atoms with Gasteiger partial charge in [0.25, 0.3) is 0 Å². The van der Waals surface area contributed by atoms with Crippen molar-refractivity contribution >= 4 is 11.9 Å². The molecule has 0 aliphatic heterocycles. The summed E-state index contributed by atoms with van der Waals surface area (Å²) in [6.07, 6.45) is 6.86. The summed E-state index contributed by atoms with van der Waals surface area (Å²) < 4.78 is 1.96. The number of nitrogens with one attached hydrogen (secondary N) is 1. The van der Waals surface area contributed by atoms with Crippen LogP contribution in [0, 0.1) is 0 Å². The number of hydrogen-bond donors (Lipinski definition) is 2. The molecule has 1 aromatic rings. The van der Waals surface area contributed by atoms with E-state index in [9.17, 15) is 9.59 Å². The number of carbonyl (C=O) groups is 2. The van der Waals surface area contributed by atoms with Crippen molar-refractivity contribution in [1.29, 1.82) is 0 Å². The number of carboxylic acids is 1. The van der Waals surface area contributed by atoms with Gasteiger partial charge in [0.05, 0.1) is 6.42 Å². The predicted molar refractivity (Wildman–Crippen MR) is 70.4 cm³/mol. The number of amides is 1. The predicted octanol–water partition coefficient (Wildman–Crippen LogP) is 1.13. The van der Waals surface area contributed by atoms with Gasteiger partial charge in [-0.15, -0.1) is 0 Å². The molecule has 0 bridgehead atoms. The zero-order valence-electron chi connectivity index (χ0n) is 11.0. The Bertz CT molecular complexity index is 393. The van der Waals surface area contributed by atoms with E-state index in [1.54, 1.807) is 0 Å². The van der Waals surface area contributed by atoms with E-state index in [1.807, 2.05) is 35.2 Å². The molecule has 0 radical (unpaired) electrons. The van der Waals surface area contributed by atoms with Crippen molar-refractivity contribution in [1.82, 2.24) is 5.32 Å². The molecule has 19 heavy (non-hydrogen) atoms. The number of hydrogen-bond acceptors (Lipinski definition) is 2. The highest BCUT2D eigenvalue weighted by Gasteiger charge is 2.05. The molecule has 1 heterocycles. The molecule has 0 aliphatic rings. The molecule has 0 saturated heterocycles. The second-order valence-electron chi connectivity index (χ2n) is 4.42. The fraction of sp³-hybridized carbons (Fsp3) is 0.500. The van der Waals surface area contributed by atoms with Gasteiger partial charge in [-0.3, -0.25) is 9.59 Å². The lowest BCUT2D eigenvalue weighted by atomic mass is 10.2. The summed E-state index contributed by atoms with van der Waals surface area (Å²) in [6, 6.07) is 5.80. The lowest BCUT2D eigenvalue weighted by molar-refractivity contribution is -0.695. The van der Waals surface area contributed by atoms with E-state index in [1.165, 1.54) is 0 Å². The molecule has 0 aliphatic carbocycles. The van der Waals surface area contributed by atoms with Crippen molar-refractivity contribution in [2.75, 3.05) is 6.54 Å². The average Bonchev–Trinajstić information content (AvgIpc) is 2.41. The SMILES string of the molecule is O=C(O)CCCCCNC(=O)CC[n+]1ccccc1. The molecule has 5 heteroatoms. The van der Waals surface area contributed by atoms with Gasteiger partial charge in [0, 0.05) is 25.1 Å². The van der Waals surface area contributed by atoms with Crippen LogP contribution in [0.25, 0.3) is 0 Å². The summed E-state index contributed by atoms with van der Waals surface area (Å²) in [5.41, 5.74) is 0. The van der Waals surface area contributed by atoms with Crippen molar-refractivity contribution in [3.8, 4) is 0 Å². The maximum Gasteiger partial charge on any atom is 0.303 e. The summed E-state index contributed by atoms with van der Waals surface area (Å²) in [7, 11) is 0. The molecule has 0 aromatic carbocycles. The normalized spacial score (nSPS) is 10.1. The maximum atomic E-state index is 11.5. The van der Waals surface area contributed by atoms with E-state index in [-0.39, 0.29) is 12.3 Å². The van der Waals surface area contributed by atoms with E-state index in [0.29, 0.717) is 25.9 Å². The Morgan fingerprint density at radius 1 is 1.00 bits per heavy atom. The highest BCUT2D eigenvalue weighted by molar-refractivity contribution is 5.75. The monoisotopic (exact) mass is 265 g/mol. The second kappa shape index (κ2) is 9.08. The fourth-order valence-corrected chi connectivity index (χ4v) is 1.71. The van der Waals surface area contributed by atoms with Crippen LogP contribution in [0.3, 0.4) is 0 Å². The Kier molecular flexibility index (Phi) is 7.24. The Labute approximate surface area is 113 Å². The Balaban J connectivity index is 2.01. The van der Waals surface area contributed by atoms with Crippen LogP contribution in [0.5, 0.6) is 0 Å². The maximum absolute atomic E-state index is 11.5. The minimum absolute atomic E-state index is 0.0367. The first-order valence-electron chi connectivity index (χ1n) is 6.61. The van der Waals surface area contributed by atoms with E-state index in [0.717, 1.165) is 12.8 Å². The van der Waals surface area contributed by atoms with Crippen LogP contribution in [0.4, 0.5) is 0 Å². The molecule has 104 valence electrons. The molecule has 0 fully saturated rings. The minimum Gasteiger partial charge on any atom is -0.481 e. The van der Waals surface area contributed by atoms with Gasteiger partial charge in [-0.05, 0) is 12.8 Å². The number of rotatable bonds is 9. The first-order valence-corrected chi connectivity index (χ1v) is 6.61. The summed E-state index contributed by atoms with van der Waals surface area (Å²) in [6.45, 7) is 1.30. The molecule has 0 unspecified atom stereocenters. The number of carbonyl (C=O) groups excluding carboxylic acids is 1. The number of pyridine rings is 1. The van der Waals surface area contributed by atoms with Gasteiger partial charge >= 0.3 is 5.97 Å². The molecular formula is C14H21N2O3+. The summed E-state index contributed by atoms with van der Waals surface area (Å²) in [4.78, 5) is 21.8. The van der Waals surface area contributed by atoms with E-state index >= 15 is 0 Å². The lowest BCUT2D eigenvalue weighted by Gasteiger charge is -2.03. The van der Waals surface area contributed by atoms with Gasteiger partial charge < -0.3 is 10.4 Å². The highest BCUT2D eigenvalue weighted by atomic mass is 16.4. The second-order valence-corrected chi connectivity index (χ2v) is 4.42.